The standard InChI is InChI=1S/C15H20Cl3NO/c1-8(2)10-5-4-9(3)6-13(10)20-15-12(17)7-11(16)14(18)19-15/h7-10,13H,4-6H2,1-3H3. The van der Waals surface area contributed by atoms with Gasteiger partial charge in [-0.15, -0.1) is 0 Å². The van der Waals surface area contributed by atoms with Crippen molar-refractivity contribution < 1.29 is 4.74 Å². The summed E-state index contributed by atoms with van der Waals surface area (Å²) in [5.74, 6) is 2.16. The van der Waals surface area contributed by atoms with E-state index in [9.17, 15) is 0 Å². The van der Waals surface area contributed by atoms with Crippen LogP contribution in [0, 0.1) is 17.8 Å². The van der Waals surface area contributed by atoms with Crippen molar-refractivity contribution in [3.63, 3.8) is 0 Å². The molecule has 0 amide bonds. The van der Waals surface area contributed by atoms with Crippen molar-refractivity contribution >= 4 is 34.8 Å². The highest BCUT2D eigenvalue weighted by molar-refractivity contribution is 6.42. The molecule has 5 heteroatoms. The lowest BCUT2D eigenvalue weighted by Gasteiger charge is -2.37. The topological polar surface area (TPSA) is 22.1 Å². The number of pyridine rings is 1. The van der Waals surface area contributed by atoms with Crippen molar-refractivity contribution in [2.45, 2.75) is 46.1 Å². The van der Waals surface area contributed by atoms with E-state index in [-0.39, 0.29) is 11.3 Å². The van der Waals surface area contributed by atoms with E-state index in [1.807, 2.05) is 0 Å². The maximum Gasteiger partial charge on any atom is 0.234 e. The fraction of sp³-hybridized carbons (Fsp3) is 0.667. The molecule has 2 nitrogen and oxygen atoms in total. The van der Waals surface area contributed by atoms with Crippen LogP contribution in [0.15, 0.2) is 6.07 Å². The van der Waals surface area contributed by atoms with E-state index in [0.29, 0.717) is 33.7 Å². The molecule has 0 bridgehead atoms. The first-order valence-electron chi connectivity index (χ1n) is 7.06. The van der Waals surface area contributed by atoms with E-state index in [1.54, 1.807) is 6.07 Å². The molecule has 1 aliphatic rings. The summed E-state index contributed by atoms with van der Waals surface area (Å²) >= 11 is 18.0. The van der Waals surface area contributed by atoms with Gasteiger partial charge in [0.15, 0.2) is 5.15 Å². The van der Waals surface area contributed by atoms with Gasteiger partial charge >= 0.3 is 0 Å². The van der Waals surface area contributed by atoms with Crippen molar-refractivity contribution in [2.24, 2.45) is 17.8 Å². The Labute approximate surface area is 135 Å². The summed E-state index contributed by atoms with van der Waals surface area (Å²) in [4.78, 5) is 4.16. The Morgan fingerprint density at radius 2 is 1.90 bits per heavy atom. The van der Waals surface area contributed by atoms with Gasteiger partial charge < -0.3 is 4.74 Å². The third-order valence-corrected chi connectivity index (χ3v) is 5.02. The van der Waals surface area contributed by atoms with Gasteiger partial charge in [0, 0.05) is 0 Å². The predicted octanol–water partition coefficient (Wildman–Crippen LogP) is 5.88. The van der Waals surface area contributed by atoms with Gasteiger partial charge in [-0.05, 0) is 36.7 Å². The van der Waals surface area contributed by atoms with Crippen LogP contribution in [0.3, 0.4) is 0 Å². The highest BCUT2D eigenvalue weighted by atomic mass is 35.5. The van der Waals surface area contributed by atoms with Crippen molar-refractivity contribution in [3.05, 3.63) is 21.3 Å². The zero-order chi connectivity index (χ0) is 14.9. The maximum atomic E-state index is 6.15. The molecule has 1 aliphatic carbocycles. The van der Waals surface area contributed by atoms with Crippen LogP contribution in [0.25, 0.3) is 0 Å². The van der Waals surface area contributed by atoms with Crippen molar-refractivity contribution in [3.8, 4) is 5.88 Å². The van der Waals surface area contributed by atoms with Crippen LogP contribution in [0.1, 0.15) is 40.0 Å². The fourth-order valence-electron chi connectivity index (χ4n) is 2.90. The van der Waals surface area contributed by atoms with Crippen LogP contribution in [-0.2, 0) is 0 Å². The number of nitrogens with zero attached hydrogens (tertiary/aromatic N) is 1. The molecule has 3 unspecified atom stereocenters. The molecule has 2 rings (SSSR count). The molecule has 20 heavy (non-hydrogen) atoms. The van der Waals surface area contributed by atoms with Crippen LogP contribution in [-0.4, -0.2) is 11.1 Å². The normalized spacial score (nSPS) is 26.9. The molecule has 0 N–H and O–H groups in total. The van der Waals surface area contributed by atoms with Crippen molar-refractivity contribution in [1.82, 2.24) is 4.98 Å². The first kappa shape index (κ1) is 16.2. The minimum atomic E-state index is 0.140. The van der Waals surface area contributed by atoms with Gasteiger partial charge in [-0.25, -0.2) is 0 Å². The summed E-state index contributed by atoms with van der Waals surface area (Å²) in [6.45, 7) is 6.73. The van der Waals surface area contributed by atoms with Crippen LogP contribution in [0.2, 0.25) is 15.2 Å². The molecule has 0 radical (unpaired) electrons. The Morgan fingerprint density at radius 3 is 2.55 bits per heavy atom. The van der Waals surface area contributed by atoms with Crippen LogP contribution in [0.5, 0.6) is 5.88 Å². The molecule has 0 aromatic carbocycles. The Morgan fingerprint density at radius 1 is 1.20 bits per heavy atom. The number of aromatic nitrogens is 1. The molecule has 1 saturated carbocycles. The van der Waals surface area contributed by atoms with Crippen LogP contribution < -0.4 is 4.74 Å². The summed E-state index contributed by atoms with van der Waals surface area (Å²) < 4.78 is 6.08. The molecule has 0 aliphatic heterocycles. The zero-order valence-electron chi connectivity index (χ0n) is 12.0. The molecular formula is C15H20Cl3NO. The van der Waals surface area contributed by atoms with Gasteiger partial charge in [-0.2, -0.15) is 4.98 Å². The lowest BCUT2D eigenvalue weighted by molar-refractivity contribution is 0.0427. The first-order chi connectivity index (χ1) is 9.38. The van der Waals surface area contributed by atoms with Gasteiger partial charge in [0.25, 0.3) is 0 Å². The Hall–Kier alpha value is -0.180. The molecular weight excluding hydrogens is 317 g/mol. The van der Waals surface area contributed by atoms with E-state index in [4.69, 9.17) is 39.5 Å². The molecule has 1 heterocycles. The van der Waals surface area contributed by atoms with Gasteiger partial charge in [0.2, 0.25) is 5.88 Å². The lowest BCUT2D eigenvalue weighted by atomic mass is 9.75. The second kappa shape index (κ2) is 6.72. The second-order valence-corrected chi connectivity index (χ2v) is 7.20. The quantitative estimate of drug-likeness (QED) is 0.643. The Balaban J connectivity index is 2.20. The second-order valence-electron chi connectivity index (χ2n) is 6.03. The fourth-order valence-corrected chi connectivity index (χ4v) is 3.44. The number of hydrogen-bond acceptors (Lipinski definition) is 2. The maximum absolute atomic E-state index is 6.15. The summed E-state index contributed by atoms with van der Waals surface area (Å²) in [7, 11) is 0. The van der Waals surface area contributed by atoms with Crippen LogP contribution >= 0.6 is 34.8 Å². The van der Waals surface area contributed by atoms with Gasteiger partial charge in [0.05, 0.1) is 5.02 Å². The molecule has 1 aromatic heterocycles. The first-order valence-corrected chi connectivity index (χ1v) is 8.20. The highest BCUT2D eigenvalue weighted by Gasteiger charge is 2.33. The predicted molar refractivity (Wildman–Crippen MR) is 85.0 cm³/mol. The summed E-state index contributed by atoms with van der Waals surface area (Å²) in [6, 6.07) is 1.59. The highest BCUT2D eigenvalue weighted by Crippen LogP contribution is 2.38. The third-order valence-electron chi connectivity index (χ3n) is 4.08. The van der Waals surface area contributed by atoms with Crippen molar-refractivity contribution in [1.29, 1.82) is 0 Å². The van der Waals surface area contributed by atoms with Gasteiger partial charge in [-0.3, -0.25) is 0 Å². The average molecular weight is 337 g/mol. The van der Waals surface area contributed by atoms with Gasteiger partial charge in [0.1, 0.15) is 11.1 Å². The van der Waals surface area contributed by atoms with E-state index in [1.165, 1.54) is 12.8 Å². The van der Waals surface area contributed by atoms with Crippen LogP contribution in [0.4, 0.5) is 0 Å². The van der Waals surface area contributed by atoms with E-state index in [2.05, 4.69) is 25.8 Å². The number of ether oxygens (including phenoxy) is 1. The molecule has 0 saturated heterocycles. The minimum absolute atomic E-state index is 0.140. The molecule has 112 valence electrons. The Kier molecular flexibility index (Phi) is 5.44. The van der Waals surface area contributed by atoms with E-state index >= 15 is 0 Å². The summed E-state index contributed by atoms with van der Waals surface area (Å²) in [5.41, 5.74) is 0. The summed E-state index contributed by atoms with van der Waals surface area (Å²) in [5, 5.41) is 0.998. The van der Waals surface area contributed by atoms with E-state index in [0.717, 1.165) is 6.42 Å². The SMILES string of the molecule is CC1CCC(C(C)C)C(Oc2nc(Cl)c(Cl)cc2Cl)C1. The third kappa shape index (κ3) is 3.72. The monoisotopic (exact) mass is 335 g/mol. The molecule has 0 spiro atoms. The Bertz CT molecular complexity index is 478. The molecule has 1 fully saturated rings. The molecule has 1 aromatic rings. The largest absolute Gasteiger partial charge is 0.473 e. The number of hydrogen-bond donors (Lipinski definition) is 0. The van der Waals surface area contributed by atoms with Crippen molar-refractivity contribution in [2.75, 3.05) is 0 Å². The minimum Gasteiger partial charge on any atom is -0.473 e. The number of halogens is 3. The molecule has 3 atom stereocenters. The number of rotatable bonds is 3. The zero-order valence-corrected chi connectivity index (χ0v) is 14.3. The lowest BCUT2D eigenvalue weighted by Crippen LogP contribution is -2.36. The average Bonchev–Trinajstić information content (AvgIpc) is 2.35. The summed E-state index contributed by atoms with van der Waals surface area (Å²) in [6.07, 6.45) is 3.61. The van der Waals surface area contributed by atoms with Gasteiger partial charge in [-0.1, -0.05) is 62.0 Å². The smallest absolute Gasteiger partial charge is 0.234 e. The van der Waals surface area contributed by atoms with E-state index < -0.39 is 0 Å².